The first-order valence-corrected chi connectivity index (χ1v) is 11.6. The smallest absolute Gasteiger partial charge is 0.234 e. The highest BCUT2D eigenvalue weighted by atomic mass is 35.5. The van der Waals surface area contributed by atoms with Crippen LogP contribution in [-0.2, 0) is 11.3 Å². The van der Waals surface area contributed by atoms with Crippen molar-refractivity contribution in [1.29, 1.82) is 0 Å². The lowest BCUT2D eigenvalue weighted by Gasteiger charge is -2.09. The van der Waals surface area contributed by atoms with Crippen LogP contribution in [-0.4, -0.2) is 26.4 Å². The van der Waals surface area contributed by atoms with Crippen LogP contribution in [0.15, 0.2) is 47.6 Å². The summed E-state index contributed by atoms with van der Waals surface area (Å²) in [4.78, 5) is 12.3. The summed E-state index contributed by atoms with van der Waals surface area (Å²) in [5, 5.41) is 14.0. The molecule has 1 aromatic heterocycles. The lowest BCUT2D eigenvalue weighted by molar-refractivity contribution is -0.113. The first kappa shape index (κ1) is 21.5. The lowest BCUT2D eigenvalue weighted by atomic mass is 10.1. The van der Waals surface area contributed by atoms with Crippen LogP contribution in [0.4, 0.5) is 5.69 Å². The van der Waals surface area contributed by atoms with Gasteiger partial charge in [-0.1, -0.05) is 58.7 Å². The number of hydrogen-bond acceptors (Lipinski definition) is 4. The number of carbonyl (C=O) groups excluding carboxylic acids is 1. The van der Waals surface area contributed by atoms with Crippen molar-refractivity contribution < 1.29 is 4.79 Å². The van der Waals surface area contributed by atoms with Gasteiger partial charge in [-0.05, 0) is 55.2 Å². The molecule has 2 atom stereocenters. The van der Waals surface area contributed by atoms with Crippen LogP contribution >= 0.6 is 46.6 Å². The van der Waals surface area contributed by atoms with Crippen molar-refractivity contribution in [2.45, 2.75) is 36.9 Å². The molecule has 5 nitrogen and oxygen atoms in total. The molecule has 1 aliphatic carbocycles. The van der Waals surface area contributed by atoms with E-state index in [0.717, 1.165) is 29.0 Å². The molecule has 3 aromatic rings. The van der Waals surface area contributed by atoms with Gasteiger partial charge >= 0.3 is 0 Å². The SMILES string of the molecule is CCn1c(SCC(=O)Nc2ccc(Cl)cc2Cl)nnc1[C@H]1C[C@@H]1c1ccc(Cl)cc1. The van der Waals surface area contributed by atoms with Crippen molar-refractivity contribution >= 4 is 58.2 Å². The first-order chi connectivity index (χ1) is 14.5. The average Bonchev–Trinajstić information content (AvgIpc) is 3.41. The molecule has 1 saturated carbocycles. The molecule has 0 unspecified atom stereocenters. The van der Waals surface area contributed by atoms with Crippen molar-refractivity contribution in [1.82, 2.24) is 14.8 Å². The van der Waals surface area contributed by atoms with Crippen molar-refractivity contribution in [2.24, 2.45) is 0 Å². The summed E-state index contributed by atoms with van der Waals surface area (Å²) in [6, 6.07) is 12.9. The number of aromatic nitrogens is 3. The van der Waals surface area contributed by atoms with Crippen LogP contribution in [0, 0.1) is 0 Å². The molecule has 1 amide bonds. The molecule has 1 fully saturated rings. The predicted molar refractivity (Wildman–Crippen MR) is 123 cm³/mol. The van der Waals surface area contributed by atoms with Gasteiger partial charge in [-0.3, -0.25) is 4.79 Å². The molecule has 1 aliphatic rings. The maximum atomic E-state index is 12.3. The van der Waals surface area contributed by atoms with Gasteiger partial charge in [-0.25, -0.2) is 0 Å². The largest absolute Gasteiger partial charge is 0.324 e. The molecular formula is C21H19Cl3N4OS. The van der Waals surface area contributed by atoms with Crippen LogP contribution in [0.5, 0.6) is 0 Å². The van der Waals surface area contributed by atoms with Crippen LogP contribution < -0.4 is 5.32 Å². The minimum absolute atomic E-state index is 0.165. The van der Waals surface area contributed by atoms with Gasteiger partial charge in [-0.2, -0.15) is 0 Å². The average molecular weight is 482 g/mol. The number of carbonyl (C=O) groups is 1. The molecule has 30 heavy (non-hydrogen) atoms. The number of anilines is 1. The molecule has 156 valence electrons. The zero-order chi connectivity index (χ0) is 21.3. The fourth-order valence-corrected chi connectivity index (χ4v) is 4.84. The fourth-order valence-electron chi connectivity index (χ4n) is 3.44. The number of halogens is 3. The van der Waals surface area contributed by atoms with E-state index in [1.54, 1.807) is 18.2 Å². The number of amides is 1. The number of nitrogens with zero attached hydrogens (tertiary/aromatic N) is 3. The second kappa shape index (κ2) is 9.18. The summed E-state index contributed by atoms with van der Waals surface area (Å²) >= 11 is 19.4. The van der Waals surface area contributed by atoms with Gasteiger partial charge in [0, 0.05) is 22.5 Å². The summed E-state index contributed by atoms with van der Waals surface area (Å²) in [5.74, 6) is 1.80. The van der Waals surface area contributed by atoms with Gasteiger partial charge in [0.05, 0.1) is 16.5 Å². The number of benzene rings is 2. The van der Waals surface area contributed by atoms with Crippen molar-refractivity contribution in [2.75, 3.05) is 11.1 Å². The van der Waals surface area contributed by atoms with Gasteiger partial charge in [0.25, 0.3) is 0 Å². The van der Waals surface area contributed by atoms with Crippen LogP contribution in [0.3, 0.4) is 0 Å². The number of hydrogen-bond donors (Lipinski definition) is 1. The molecule has 1 N–H and O–H groups in total. The van der Waals surface area contributed by atoms with E-state index in [0.29, 0.717) is 27.6 Å². The summed E-state index contributed by atoms with van der Waals surface area (Å²) in [6.07, 6.45) is 1.04. The third-order valence-corrected chi connectivity index (χ3v) is 6.79. The van der Waals surface area contributed by atoms with Gasteiger partial charge < -0.3 is 9.88 Å². The molecular weight excluding hydrogens is 463 g/mol. The summed E-state index contributed by atoms with van der Waals surface area (Å²) in [6.45, 7) is 2.81. The highest BCUT2D eigenvalue weighted by Gasteiger charge is 2.43. The normalized spacial score (nSPS) is 17.7. The summed E-state index contributed by atoms with van der Waals surface area (Å²) < 4.78 is 2.09. The molecule has 0 bridgehead atoms. The molecule has 0 radical (unpaired) electrons. The molecule has 4 rings (SSSR count). The van der Waals surface area contributed by atoms with Crippen molar-refractivity contribution in [3.05, 3.63) is 68.9 Å². The van der Waals surface area contributed by atoms with Gasteiger partial charge in [-0.15, -0.1) is 10.2 Å². The minimum Gasteiger partial charge on any atom is -0.324 e. The number of nitrogens with one attached hydrogen (secondary N) is 1. The third kappa shape index (κ3) is 4.78. The monoisotopic (exact) mass is 480 g/mol. The Morgan fingerprint density at radius 3 is 2.53 bits per heavy atom. The summed E-state index contributed by atoms with van der Waals surface area (Å²) in [5.41, 5.74) is 1.80. The Morgan fingerprint density at radius 2 is 1.83 bits per heavy atom. The van der Waals surface area contributed by atoms with Crippen molar-refractivity contribution in [3.8, 4) is 0 Å². The minimum atomic E-state index is -0.165. The summed E-state index contributed by atoms with van der Waals surface area (Å²) in [7, 11) is 0. The Balaban J connectivity index is 1.39. The molecule has 0 aliphatic heterocycles. The Labute approximate surface area is 194 Å². The van der Waals surface area contributed by atoms with Gasteiger partial charge in [0.15, 0.2) is 5.16 Å². The fraction of sp³-hybridized carbons (Fsp3) is 0.286. The van der Waals surface area contributed by atoms with Crippen LogP contribution in [0.25, 0.3) is 0 Å². The van der Waals surface area contributed by atoms with Gasteiger partial charge in [0.1, 0.15) is 5.82 Å². The van der Waals surface area contributed by atoms with E-state index >= 15 is 0 Å². The predicted octanol–water partition coefficient (Wildman–Crippen LogP) is 6.26. The first-order valence-electron chi connectivity index (χ1n) is 9.52. The number of rotatable bonds is 7. The maximum Gasteiger partial charge on any atom is 0.234 e. The van der Waals surface area contributed by atoms with E-state index in [-0.39, 0.29) is 11.7 Å². The zero-order valence-electron chi connectivity index (χ0n) is 16.1. The Hall–Kier alpha value is -1.73. The highest BCUT2D eigenvalue weighted by molar-refractivity contribution is 7.99. The Kier molecular flexibility index (Phi) is 6.58. The topological polar surface area (TPSA) is 59.8 Å². The van der Waals surface area contributed by atoms with Crippen LogP contribution in [0.1, 0.15) is 36.6 Å². The standard InChI is InChI=1S/C21H19Cl3N4OS/c1-2-28-20(16-10-15(16)12-3-5-13(22)6-4-12)26-27-21(28)30-11-19(29)25-18-8-7-14(23)9-17(18)24/h3-9,15-16H,2,10-11H2,1H3,(H,25,29)/t15-,16+/m1/s1. The van der Waals surface area contributed by atoms with E-state index in [9.17, 15) is 4.79 Å². The van der Waals surface area contributed by atoms with E-state index in [2.05, 4.69) is 39.1 Å². The molecule has 0 spiro atoms. The quantitative estimate of drug-likeness (QED) is 0.405. The molecule has 0 saturated heterocycles. The molecule has 9 heteroatoms. The van der Waals surface area contributed by atoms with E-state index in [1.165, 1.54) is 17.3 Å². The van der Waals surface area contributed by atoms with E-state index in [4.69, 9.17) is 34.8 Å². The molecule has 2 aromatic carbocycles. The van der Waals surface area contributed by atoms with Crippen LogP contribution in [0.2, 0.25) is 15.1 Å². The second-order valence-corrected chi connectivity index (χ2v) is 9.27. The van der Waals surface area contributed by atoms with E-state index < -0.39 is 0 Å². The Bertz CT molecular complexity index is 1070. The third-order valence-electron chi connectivity index (χ3n) is 5.02. The van der Waals surface area contributed by atoms with E-state index in [1.807, 2.05) is 12.1 Å². The number of thioether (sulfide) groups is 1. The molecule has 1 heterocycles. The van der Waals surface area contributed by atoms with Gasteiger partial charge in [0.2, 0.25) is 5.91 Å². The zero-order valence-corrected chi connectivity index (χ0v) is 19.2. The second-order valence-electron chi connectivity index (χ2n) is 7.05. The van der Waals surface area contributed by atoms with Crippen molar-refractivity contribution in [3.63, 3.8) is 0 Å². The highest BCUT2D eigenvalue weighted by Crippen LogP contribution is 2.54. The maximum absolute atomic E-state index is 12.3. The Morgan fingerprint density at radius 1 is 1.10 bits per heavy atom. The lowest BCUT2D eigenvalue weighted by Crippen LogP contribution is -2.15.